The lowest BCUT2D eigenvalue weighted by Crippen LogP contribution is -2.30. The monoisotopic (exact) mass is 326 g/mol. The Bertz CT molecular complexity index is 341. The Labute approximate surface area is 141 Å². The van der Waals surface area contributed by atoms with Crippen molar-refractivity contribution in [1.29, 1.82) is 0 Å². The molecular weight excluding hydrogens is 292 g/mol. The van der Waals surface area contributed by atoms with Crippen molar-refractivity contribution in [3.05, 3.63) is 0 Å². The van der Waals surface area contributed by atoms with Crippen LogP contribution in [0.15, 0.2) is 0 Å². The number of hydrogen-bond acceptors (Lipinski definition) is 4. The van der Waals surface area contributed by atoms with Gasteiger partial charge in [0.15, 0.2) is 0 Å². The van der Waals surface area contributed by atoms with Crippen LogP contribution >= 0.6 is 0 Å². The van der Waals surface area contributed by atoms with E-state index in [-0.39, 0.29) is 17.3 Å². The Morgan fingerprint density at radius 3 is 2.17 bits per heavy atom. The van der Waals surface area contributed by atoms with Gasteiger partial charge in [-0.15, -0.1) is 0 Å². The van der Waals surface area contributed by atoms with Crippen molar-refractivity contribution in [2.24, 2.45) is 11.3 Å². The van der Waals surface area contributed by atoms with Crippen molar-refractivity contribution >= 4 is 5.97 Å². The zero-order valence-electron chi connectivity index (χ0n) is 15.0. The Morgan fingerprint density at radius 1 is 0.913 bits per heavy atom. The van der Waals surface area contributed by atoms with Gasteiger partial charge >= 0.3 is 5.97 Å². The summed E-state index contributed by atoms with van der Waals surface area (Å²) in [6.45, 7) is 5.47. The summed E-state index contributed by atoms with van der Waals surface area (Å²) in [4.78, 5) is 12.1. The molecule has 0 radical (unpaired) electrons. The predicted molar refractivity (Wildman–Crippen MR) is 90.1 cm³/mol. The van der Waals surface area contributed by atoms with Crippen LogP contribution < -0.4 is 0 Å². The average Bonchev–Trinajstić information content (AvgIpc) is 2.58. The van der Waals surface area contributed by atoms with E-state index in [9.17, 15) is 4.79 Å². The van der Waals surface area contributed by atoms with Gasteiger partial charge in [-0.2, -0.15) is 0 Å². The largest absolute Gasteiger partial charge is 0.465 e. The third-order valence-corrected chi connectivity index (χ3v) is 4.98. The third kappa shape index (κ3) is 7.21. The lowest BCUT2D eigenvalue weighted by molar-refractivity contribution is -0.157. The molecule has 0 amide bonds. The Kier molecular flexibility index (Phi) is 7.84. The zero-order chi connectivity index (χ0) is 16.5. The van der Waals surface area contributed by atoms with Gasteiger partial charge in [0.1, 0.15) is 6.79 Å². The molecule has 0 aromatic rings. The molecule has 23 heavy (non-hydrogen) atoms. The van der Waals surface area contributed by atoms with E-state index >= 15 is 0 Å². The van der Waals surface area contributed by atoms with Crippen molar-refractivity contribution in [1.82, 2.24) is 0 Å². The highest BCUT2D eigenvalue weighted by molar-refractivity contribution is 5.72. The molecule has 2 fully saturated rings. The second-order valence-electron chi connectivity index (χ2n) is 8.00. The molecule has 0 aromatic heterocycles. The van der Waals surface area contributed by atoms with Gasteiger partial charge in [0, 0.05) is 5.41 Å². The molecular formula is C19H34O4. The van der Waals surface area contributed by atoms with Crippen LogP contribution in [-0.4, -0.2) is 32.1 Å². The molecule has 2 rings (SSSR count). The smallest absolute Gasteiger partial charge is 0.308 e. The number of hydrogen-bond donors (Lipinski definition) is 0. The fourth-order valence-electron chi connectivity index (χ4n) is 3.46. The highest BCUT2D eigenvalue weighted by atomic mass is 16.7. The fourth-order valence-corrected chi connectivity index (χ4v) is 3.46. The summed E-state index contributed by atoms with van der Waals surface area (Å²) in [5.41, 5.74) is -0.166. The molecule has 0 saturated heterocycles. The van der Waals surface area contributed by atoms with Crippen LogP contribution in [0.1, 0.15) is 78.1 Å². The summed E-state index contributed by atoms with van der Waals surface area (Å²) in [6.07, 6.45) is 12.1. The minimum Gasteiger partial charge on any atom is -0.465 e. The van der Waals surface area contributed by atoms with E-state index < -0.39 is 0 Å². The minimum absolute atomic E-state index is 0.0174. The first-order valence-electron chi connectivity index (χ1n) is 9.43. The number of esters is 1. The Balaban J connectivity index is 1.56. The predicted octanol–water partition coefficient (Wildman–Crippen LogP) is 4.46. The second kappa shape index (κ2) is 9.63. The van der Waals surface area contributed by atoms with Crippen LogP contribution in [0.25, 0.3) is 0 Å². The van der Waals surface area contributed by atoms with Crippen LogP contribution in [0.4, 0.5) is 0 Å². The molecule has 2 saturated carbocycles. The lowest BCUT2D eigenvalue weighted by Gasteiger charge is -2.27. The Morgan fingerprint density at radius 2 is 1.52 bits per heavy atom. The highest BCUT2D eigenvalue weighted by Gasteiger charge is 2.26. The number of carbonyl (C=O) groups excluding carboxylic acids is 1. The van der Waals surface area contributed by atoms with Gasteiger partial charge in [0.05, 0.1) is 25.2 Å². The van der Waals surface area contributed by atoms with Crippen molar-refractivity contribution in [2.75, 3.05) is 20.0 Å². The first-order chi connectivity index (χ1) is 11.1. The van der Waals surface area contributed by atoms with E-state index in [1.165, 1.54) is 25.7 Å². The van der Waals surface area contributed by atoms with Crippen LogP contribution in [0.3, 0.4) is 0 Å². The molecule has 0 atom stereocenters. The first kappa shape index (κ1) is 18.7. The number of rotatable bonds is 8. The molecule has 2 aliphatic rings. The lowest BCUT2D eigenvalue weighted by atomic mass is 9.89. The average molecular weight is 326 g/mol. The van der Waals surface area contributed by atoms with Crippen LogP contribution in [0, 0.1) is 11.3 Å². The summed E-state index contributed by atoms with van der Waals surface area (Å²) in [5.74, 6) is 0.103. The summed E-state index contributed by atoms with van der Waals surface area (Å²) < 4.78 is 17.0. The van der Waals surface area contributed by atoms with E-state index in [4.69, 9.17) is 14.2 Å². The zero-order valence-corrected chi connectivity index (χ0v) is 15.0. The first-order valence-corrected chi connectivity index (χ1v) is 9.43. The maximum atomic E-state index is 12.1. The van der Waals surface area contributed by atoms with Gasteiger partial charge in [0.25, 0.3) is 0 Å². The standard InChI is InChI=1S/C19H34O4/c1-19(2,13-21-15-23-17-11-7-4-8-12-17)14-22-18(20)16-9-5-3-6-10-16/h16-17H,3-15H2,1-2H3. The molecule has 0 aromatic carbocycles. The van der Waals surface area contributed by atoms with Gasteiger partial charge in [-0.3, -0.25) is 4.79 Å². The van der Waals surface area contributed by atoms with E-state index in [1.54, 1.807) is 0 Å². The van der Waals surface area contributed by atoms with Crippen molar-refractivity contribution < 1.29 is 19.0 Å². The second-order valence-corrected chi connectivity index (χ2v) is 8.00. The van der Waals surface area contributed by atoms with Crippen molar-refractivity contribution in [3.63, 3.8) is 0 Å². The SMILES string of the molecule is CC(C)(COCOC1CCCCC1)COC(=O)C1CCCCC1. The van der Waals surface area contributed by atoms with Crippen LogP contribution in [0.5, 0.6) is 0 Å². The molecule has 0 N–H and O–H groups in total. The molecule has 2 aliphatic carbocycles. The van der Waals surface area contributed by atoms with Crippen molar-refractivity contribution in [2.45, 2.75) is 84.2 Å². The van der Waals surface area contributed by atoms with Gasteiger partial charge in [0.2, 0.25) is 0 Å². The van der Waals surface area contributed by atoms with Gasteiger partial charge < -0.3 is 14.2 Å². The molecule has 134 valence electrons. The third-order valence-electron chi connectivity index (χ3n) is 4.98. The van der Waals surface area contributed by atoms with Gasteiger partial charge in [-0.05, 0) is 25.7 Å². The molecule has 0 heterocycles. The molecule has 0 unspecified atom stereocenters. The van der Waals surface area contributed by atoms with Gasteiger partial charge in [-0.1, -0.05) is 52.4 Å². The highest BCUT2D eigenvalue weighted by Crippen LogP contribution is 2.26. The maximum absolute atomic E-state index is 12.1. The molecule has 0 spiro atoms. The van der Waals surface area contributed by atoms with Crippen molar-refractivity contribution in [3.8, 4) is 0 Å². The van der Waals surface area contributed by atoms with E-state index in [1.807, 2.05) is 0 Å². The molecule has 0 bridgehead atoms. The summed E-state index contributed by atoms with van der Waals surface area (Å²) in [5, 5.41) is 0. The van der Waals surface area contributed by atoms with E-state index in [0.29, 0.717) is 26.1 Å². The minimum atomic E-state index is -0.166. The summed E-state index contributed by atoms with van der Waals surface area (Å²) in [7, 11) is 0. The number of carbonyl (C=O) groups is 1. The molecule has 4 heteroatoms. The summed E-state index contributed by atoms with van der Waals surface area (Å²) >= 11 is 0. The van der Waals surface area contributed by atoms with E-state index in [2.05, 4.69) is 13.8 Å². The quantitative estimate of drug-likeness (QED) is 0.375. The van der Waals surface area contributed by atoms with Crippen LogP contribution in [0.2, 0.25) is 0 Å². The van der Waals surface area contributed by atoms with Gasteiger partial charge in [-0.25, -0.2) is 0 Å². The number of ether oxygens (including phenoxy) is 3. The maximum Gasteiger partial charge on any atom is 0.308 e. The molecule has 4 nitrogen and oxygen atoms in total. The topological polar surface area (TPSA) is 44.8 Å². The van der Waals surface area contributed by atoms with Crippen LogP contribution in [-0.2, 0) is 19.0 Å². The normalized spacial score (nSPS) is 21.3. The Hall–Kier alpha value is -0.610. The molecule has 0 aliphatic heterocycles. The fraction of sp³-hybridized carbons (Fsp3) is 0.947. The van der Waals surface area contributed by atoms with E-state index in [0.717, 1.165) is 38.5 Å². The summed E-state index contributed by atoms with van der Waals surface area (Å²) in [6, 6.07) is 0.